The molecule has 1 aliphatic rings. The SMILES string of the molecule is CC(C)C1CN(C(=O)/C=C/CN(C)C)C1. The third-order valence-corrected chi connectivity index (χ3v) is 2.90. The van der Waals surface area contributed by atoms with E-state index in [4.69, 9.17) is 0 Å². The van der Waals surface area contributed by atoms with Crippen LogP contribution in [0.4, 0.5) is 0 Å². The molecule has 1 heterocycles. The summed E-state index contributed by atoms with van der Waals surface area (Å²) in [4.78, 5) is 15.5. The highest BCUT2D eigenvalue weighted by Crippen LogP contribution is 2.23. The lowest BCUT2D eigenvalue weighted by molar-refractivity contribution is -0.133. The molecule has 86 valence electrons. The van der Waals surface area contributed by atoms with E-state index in [1.54, 1.807) is 6.08 Å². The third-order valence-electron chi connectivity index (χ3n) is 2.90. The predicted molar refractivity (Wildman–Crippen MR) is 62.6 cm³/mol. The molecule has 3 heteroatoms. The number of carbonyl (C=O) groups excluding carboxylic acids is 1. The van der Waals surface area contributed by atoms with Crippen molar-refractivity contribution in [2.45, 2.75) is 13.8 Å². The molecule has 0 saturated carbocycles. The second kappa shape index (κ2) is 5.31. The molecular weight excluding hydrogens is 188 g/mol. The minimum atomic E-state index is 0.161. The van der Waals surface area contributed by atoms with E-state index in [0.717, 1.165) is 19.6 Å². The molecule has 0 aromatic heterocycles. The number of hydrogen-bond acceptors (Lipinski definition) is 2. The van der Waals surface area contributed by atoms with Gasteiger partial charge in [-0.25, -0.2) is 0 Å². The van der Waals surface area contributed by atoms with E-state index in [2.05, 4.69) is 13.8 Å². The Kier molecular flexibility index (Phi) is 4.33. The van der Waals surface area contributed by atoms with Crippen LogP contribution in [0.5, 0.6) is 0 Å². The van der Waals surface area contributed by atoms with Crippen LogP contribution in [-0.2, 0) is 4.79 Å². The largest absolute Gasteiger partial charge is 0.338 e. The van der Waals surface area contributed by atoms with Crippen molar-refractivity contribution in [1.29, 1.82) is 0 Å². The van der Waals surface area contributed by atoms with E-state index in [9.17, 15) is 4.79 Å². The zero-order valence-electron chi connectivity index (χ0n) is 10.2. The number of likely N-dealkylation sites (tertiary alicyclic amines) is 1. The Morgan fingerprint density at radius 1 is 1.47 bits per heavy atom. The van der Waals surface area contributed by atoms with Crippen LogP contribution < -0.4 is 0 Å². The van der Waals surface area contributed by atoms with Gasteiger partial charge < -0.3 is 9.80 Å². The van der Waals surface area contributed by atoms with Crippen molar-refractivity contribution < 1.29 is 4.79 Å². The molecule has 1 amide bonds. The van der Waals surface area contributed by atoms with Crippen molar-refractivity contribution in [1.82, 2.24) is 9.80 Å². The summed E-state index contributed by atoms with van der Waals surface area (Å²) >= 11 is 0. The summed E-state index contributed by atoms with van der Waals surface area (Å²) in [5.74, 6) is 1.56. The van der Waals surface area contributed by atoms with Crippen LogP contribution in [-0.4, -0.2) is 49.4 Å². The van der Waals surface area contributed by atoms with Gasteiger partial charge in [0.25, 0.3) is 0 Å². The second-order valence-electron chi connectivity index (χ2n) is 4.91. The Labute approximate surface area is 92.7 Å². The Hall–Kier alpha value is -0.830. The molecule has 0 radical (unpaired) electrons. The molecule has 0 atom stereocenters. The average Bonchev–Trinajstić information content (AvgIpc) is 1.99. The van der Waals surface area contributed by atoms with Gasteiger partial charge in [0, 0.05) is 25.7 Å². The van der Waals surface area contributed by atoms with Gasteiger partial charge in [0.15, 0.2) is 0 Å². The number of hydrogen-bond donors (Lipinski definition) is 0. The van der Waals surface area contributed by atoms with Crippen molar-refractivity contribution in [3.05, 3.63) is 12.2 Å². The second-order valence-corrected chi connectivity index (χ2v) is 4.91. The van der Waals surface area contributed by atoms with Gasteiger partial charge in [-0.3, -0.25) is 4.79 Å². The summed E-state index contributed by atoms with van der Waals surface area (Å²) < 4.78 is 0. The smallest absolute Gasteiger partial charge is 0.246 e. The number of amides is 1. The van der Waals surface area contributed by atoms with Gasteiger partial charge >= 0.3 is 0 Å². The fourth-order valence-corrected chi connectivity index (χ4v) is 1.58. The lowest BCUT2D eigenvalue weighted by atomic mass is 9.88. The monoisotopic (exact) mass is 210 g/mol. The van der Waals surface area contributed by atoms with E-state index in [1.807, 2.05) is 30.0 Å². The van der Waals surface area contributed by atoms with Crippen molar-refractivity contribution >= 4 is 5.91 Å². The number of carbonyl (C=O) groups is 1. The van der Waals surface area contributed by atoms with Crippen molar-refractivity contribution in [2.24, 2.45) is 11.8 Å². The van der Waals surface area contributed by atoms with Gasteiger partial charge in [-0.05, 0) is 25.9 Å². The fourth-order valence-electron chi connectivity index (χ4n) is 1.58. The molecule has 0 aromatic carbocycles. The topological polar surface area (TPSA) is 23.6 Å². The average molecular weight is 210 g/mol. The number of nitrogens with zero attached hydrogens (tertiary/aromatic N) is 2. The Morgan fingerprint density at radius 3 is 2.53 bits per heavy atom. The first-order valence-electron chi connectivity index (χ1n) is 5.61. The Balaban J connectivity index is 2.23. The maximum atomic E-state index is 11.6. The summed E-state index contributed by atoms with van der Waals surface area (Å²) in [5.41, 5.74) is 0. The first-order valence-corrected chi connectivity index (χ1v) is 5.61. The van der Waals surface area contributed by atoms with Gasteiger partial charge in [0.05, 0.1) is 0 Å². The van der Waals surface area contributed by atoms with Gasteiger partial charge in [-0.2, -0.15) is 0 Å². The molecule has 1 fully saturated rings. The van der Waals surface area contributed by atoms with Crippen molar-refractivity contribution in [3.8, 4) is 0 Å². The van der Waals surface area contributed by atoms with Crippen molar-refractivity contribution in [3.63, 3.8) is 0 Å². The first kappa shape index (κ1) is 12.2. The Morgan fingerprint density at radius 2 is 2.07 bits per heavy atom. The van der Waals surface area contributed by atoms with E-state index in [1.165, 1.54) is 0 Å². The predicted octanol–water partition coefficient (Wildman–Crippen LogP) is 1.22. The molecule has 1 saturated heterocycles. The van der Waals surface area contributed by atoms with Crippen LogP contribution in [0.25, 0.3) is 0 Å². The maximum absolute atomic E-state index is 11.6. The van der Waals surface area contributed by atoms with Gasteiger partial charge in [0.1, 0.15) is 0 Å². The number of rotatable bonds is 4. The molecule has 1 rings (SSSR count). The van der Waals surface area contributed by atoms with Crippen LogP contribution in [0.3, 0.4) is 0 Å². The molecule has 3 nitrogen and oxygen atoms in total. The van der Waals surface area contributed by atoms with E-state index >= 15 is 0 Å². The lowest BCUT2D eigenvalue weighted by Gasteiger charge is -2.41. The van der Waals surface area contributed by atoms with Crippen molar-refractivity contribution in [2.75, 3.05) is 33.7 Å². The highest BCUT2D eigenvalue weighted by Gasteiger charge is 2.31. The minimum absolute atomic E-state index is 0.161. The number of likely N-dealkylation sites (N-methyl/N-ethyl adjacent to an activating group) is 1. The first-order chi connectivity index (χ1) is 7.00. The molecule has 1 aliphatic heterocycles. The molecule has 0 aliphatic carbocycles. The van der Waals surface area contributed by atoms with Crippen LogP contribution in [0.15, 0.2) is 12.2 Å². The minimum Gasteiger partial charge on any atom is -0.338 e. The van der Waals surface area contributed by atoms with Gasteiger partial charge in [-0.1, -0.05) is 19.9 Å². The fraction of sp³-hybridized carbons (Fsp3) is 0.750. The molecule has 0 spiro atoms. The van der Waals surface area contributed by atoms with E-state index < -0.39 is 0 Å². The summed E-state index contributed by atoms with van der Waals surface area (Å²) in [6, 6.07) is 0. The molecular formula is C12H22N2O. The summed E-state index contributed by atoms with van der Waals surface area (Å²) in [7, 11) is 3.99. The third kappa shape index (κ3) is 3.67. The Bertz CT molecular complexity index is 240. The van der Waals surface area contributed by atoms with Gasteiger partial charge in [0.2, 0.25) is 5.91 Å². The van der Waals surface area contributed by atoms with E-state index in [-0.39, 0.29) is 5.91 Å². The summed E-state index contributed by atoms with van der Waals surface area (Å²) in [6.45, 7) is 7.13. The van der Waals surface area contributed by atoms with E-state index in [0.29, 0.717) is 11.8 Å². The standard InChI is InChI=1S/C12H22N2O/c1-10(2)11-8-14(9-11)12(15)6-5-7-13(3)4/h5-6,10-11H,7-9H2,1-4H3/b6-5+. The normalized spacial score (nSPS) is 17.9. The maximum Gasteiger partial charge on any atom is 0.246 e. The van der Waals surface area contributed by atoms with Crippen LogP contribution in [0.1, 0.15) is 13.8 Å². The highest BCUT2D eigenvalue weighted by molar-refractivity contribution is 5.88. The van der Waals surface area contributed by atoms with Crippen LogP contribution in [0.2, 0.25) is 0 Å². The molecule has 15 heavy (non-hydrogen) atoms. The molecule has 0 bridgehead atoms. The summed E-state index contributed by atoms with van der Waals surface area (Å²) in [6.07, 6.45) is 3.61. The zero-order valence-corrected chi connectivity index (χ0v) is 10.2. The quantitative estimate of drug-likeness (QED) is 0.651. The van der Waals surface area contributed by atoms with Crippen LogP contribution >= 0.6 is 0 Å². The van der Waals surface area contributed by atoms with Gasteiger partial charge in [-0.15, -0.1) is 0 Å². The summed E-state index contributed by atoms with van der Waals surface area (Å²) in [5, 5.41) is 0. The molecule has 0 unspecified atom stereocenters. The molecule has 0 N–H and O–H groups in total. The van der Waals surface area contributed by atoms with Crippen LogP contribution in [0, 0.1) is 11.8 Å². The molecule has 0 aromatic rings. The zero-order chi connectivity index (χ0) is 11.4. The highest BCUT2D eigenvalue weighted by atomic mass is 16.2. The lowest BCUT2D eigenvalue weighted by Crippen LogP contribution is -2.51.